The van der Waals surface area contributed by atoms with Gasteiger partial charge in [-0.25, -0.2) is 4.39 Å². The molecule has 0 aromatic heterocycles. The molecule has 0 heterocycles. The maximum atomic E-state index is 13.0. The van der Waals surface area contributed by atoms with Gasteiger partial charge in [-0.3, -0.25) is 4.79 Å². The zero-order valence-electron chi connectivity index (χ0n) is 11.0. The minimum absolute atomic E-state index is 0.0675. The summed E-state index contributed by atoms with van der Waals surface area (Å²) in [5.74, 6) is -0.445. The molecule has 1 rings (SSSR count). The maximum absolute atomic E-state index is 13.0. The average Bonchev–Trinajstić information content (AvgIpc) is 2.37. The third-order valence-corrected chi connectivity index (χ3v) is 2.93. The fourth-order valence-electron chi connectivity index (χ4n) is 1.67. The van der Waals surface area contributed by atoms with E-state index in [9.17, 15) is 9.18 Å². The van der Waals surface area contributed by atoms with Gasteiger partial charge in [-0.05, 0) is 24.6 Å². The minimum atomic E-state index is -0.363. The molecule has 0 aliphatic heterocycles. The van der Waals surface area contributed by atoms with Crippen molar-refractivity contribution in [3.05, 3.63) is 35.6 Å². The van der Waals surface area contributed by atoms with Gasteiger partial charge in [0.05, 0.1) is 6.42 Å². The number of oxime groups is 1. The van der Waals surface area contributed by atoms with Gasteiger partial charge in [0.15, 0.2) is 0 Å². The quantitative estimate of drug-likeness (QED) is 0.366. The molecule has 3 N–H and O–H groups in total. The average molecular weight is 267 g/mol. The monoisotopic (exact) mass is 267 g/mol. The highest BCUT2D eigenvalue weighted by Crippen LogP contribution is 2.08. The highest BCUT2D eigenvalue weighted by atomic mass is 19.1. The Kier molecular flexibility index (Phi) is 5.29. The maximum Gasteiger partial charge on any atom is 0.226 e. The lowest BCUT2D eigenvalue weighted by Crippen LogP contribution is -2.38. The first-order chi connectivity index (χ1) is 8.93. The van der Waals surface area contributed by atoms with E-state index in [1.165, 1.54) is 17.0 Å². The van der Waals surface area contributed by atoms with E-state index in [1.54, 1.807) is 26.1 Å². The van der Waals surface area contributed by atoms with Crippen molar-refractivity contribution >= 4 is 11.7 Å². The van der Waals surface area contributed by atoms with E-state index in [0.717, 1.165) is 0 Å². The summed E-state index contributed by atoms with van der Waals surface area (Å²) < 4.78 is 13.0. The van der Waals surface area contributed by atoms with E-state index >= 15 is 0 Å². The molecule has 104 valence electrons. The Morgan fingerprint density at radius 3 is 2.84 bits per heavy atom. The van der Waals surface area contributed by atoms with Crippen molar-refractivity contribution in [2.45, 2.75) is 25.8 Å². The Hall–Kier alpha value is -2.11. The van der Waals surface area contributed by atoms with Gasteiger partial charge in [0.2, 0.25) is 5.91 Å². The number of hydrogen-bond acceptors (Lipinski definition) is 3. The lowest BCUT2D eigenvalue weighted by atomic mass is 10.1. The summed E-state index contributed by atoms with van der Waals surface area (Å²) in [5, 5.41) is 11.4. The largest absolute Gasteiger partial charge is 0.409 e. The molecule has 1 aromatic carbocycles. The van der Waals surface area contributed by atoms with Crippen LogP contribution in [0.3, 0.4) is 0 Å². The topological polar surface area (TPSA) is 78.9 Å². The van der Waals surface area contributed by atoms with E-state index in [0.29, 0.717) is 5.56 Å². The molecule has 0 radical (unpaired) electrons. The van der Waals surface area contributed by atoms with Crippen LogP contribution in [0.1, 0.15) is 18.9 Å². The minimum Gasteiger partial charge on any atom is -0.409 e. The van der Waals surface area contributed by atoms with Crippen LogP contribution in [-0.4, -0.2) is 34.9 Å². The van der Waals surface area contributed by atoms with Crippen LogP contribution in [0, 0.1) is 5.82 Å². The molecule has 0 bridgehead atoms. The van der Waals surface area contributed by atoms with Crippen molar-refractivity contribution < 1.29 is 14.4 Å². The molecule has 5 nitrogen and oxygen atoms in total. The summed E-state index contributed by atoms with van der Waals surface area (Å²) in [5.41, 5.74) is 6.02. The van der Waals surface area contributed by atoms with Gasteiger partial charge in [-0.1, -0.05) is 17.3 Å². The summed E-state index contributed by atoms with van der Waals surface area (Å²) in [6.45, 7) is 1.79. The molecular weight excluding hydrogens is 249 g/mol. The number of halogens is 1. The van der Waals surface area contributed by atoms with Crippen LogP contribution in [0.2, 0.25) is 0 Å². The molecule has 0 aliphatic carbocycles. The van der Waals surface area contributed by atoms with Crippen LogP contribution < -0.4 is 5.73 Å². The van der Waals surface area contributed by atoms with Crippen molar-refractivity contribution in [1.29, 1.82) is 0 Å². The second kappa shape index (κ2) is 6.72. The van der Waals surface area contributed by atoms with Crippen molar-refractivity contribution in [3.63, 3.8) is 0 Å². The van der Waals surface area contributed by atoms with E-state index in [4.69, 9.17) is 10.9 Å². The molecule has 0 aliphatic rings. The van der Waals surface area contributed by atoms with Crippen molar-refractivity contribution in [1.82, 2.24) is 4.90 Å². The van der Waals surface area contributed by atoms with E-state index < -0.39 is 0 Å². The van der Waals surface area contributed by atoms with E-state index in [2.05, 4.69) is 5.16 Å². The van der Waals surface area contributed by atoms with Crippen LogP contribution >= 0.6 is 0 Å². The van der Waals surface area contributed by atoms with E-state index in [1.807, 2.05) is 0 Å². The molecule has 1 unspecified atom stereocenters. The number of hydrogen-bond donors (Lipinski definition) is 2. The number of benzene rings is 1. The number of amides is 1. The molecule has 6 heteroatoms. The number of likely N-dealkylation sites (N-methyl/N-ethyl adjacent to an activating group) is 1. The Labute approximate surface area is 111 Å². The highest BCUT2D eigenvalue weighted by Gasteiger charge is 2.17. The van der Waals surface area contributed by atoms with Gasteiger partial charge in [-0.15, -0.1) is 0 Å². The predicted octanol–water partition coefficient (Wildman–Crippen LogP) is 1.35. The Balaban J connectivity index is 2.62. The number of carbonyl (C=O) groups excluding carboxylic acids is 1. The first kappa shape index (κ1) is 14.9. The molecule has 1 aromatic rings. The van der Waals surface area contributed by atoms with Crippen LogP contribution in [0.5, 0.6) is 0 Å². The van der Waals surface area contributed by atoms with Gasteiger partial charge in [0.1, 0.15) is 11.7 Å². The number of nitrogens with two attached hydrogens (primary N) is 1. The molecular formula is C13H18FN3O2. The summed E-state index contributed by atoms with van der Waals surface area (Å²) in [7, 11) is 1.64. The predicted molar refractivity (Wildman–Crippen MR) is 70.4 cm³/mol. The second-order valence-electron chi connectivity index (χ2n) is 4.46. The van der Waals surface area contributed by atoms with Gasteiger partial charge in [0, 0.05) is 19.5 Å². The second-order valence-corrected chi connectivity index (χ2v) is 4.46. The van der Waals surface area contributed by atoms with Crippen LogP contribution in [-0.2, 0) is 11.2 Å². The summed E-state index contributed by atoms with van der Waals surface area (Å²) in [4.78, 5) is 13.5. The Morgan fingerprint density at radius 1 is 1.58 bits per heavy atom. The summed E-state index contributed by atoms with van der Waals surface area (Å²) in [6.07, 6.45) is 0.399. The number of nitrogens with zero attached hydrogens (tertiary/aromatic N) is 2. The van der Waals surface area contributed by atoms with E-state index in [-0.39, 0.29) is 36.4 Å². The van der Waals surface area contributed by atoms with Crippen LogP contribution in [0.15, 0.2) is 29.4 Å². The molecule has 0 spiro atoms. The molecule has 1 atom stereocenters. The van der Waals surface area contributed by atoms with Crippen LogP contribution in [0.4, 0.5) is 4.39 Å². The molecule has 0 fully saturated rings. The number of amidine groups is 1. The number of carbonyl (C=O) groups is 1. The first-order valence-electron chi connectivity index (χ1n) is 5.90. The van der Waals surface area contributed by atoms with Gasteiger partial charge >= 0.3 is 0 Å². The molecule has 1 amide bonds. The smallest absolute Gasteiger partial charge is 0.226 e. The third-order valence-electron chi connectivity index (χ3n) is 2.93. The summed E-state index contributed by atoms with van der Waals surface area (Å²) >= 11 is 0. The van der Waals surface area contributed by atoms with Crippen molar-refractivity contribution in [2.75, 3.05) is 7.05 Å². The lowest BCUT2D eigenvalue weighted by Gasteiger charge is -2.24. The lowest BCUT2D eigenvalue weighted by molar-refractivity contribution is -0.130. The molecule has 0 saturated carbocycles. The fourth-order valence-corrected chi connectivity index (χ4v) is 1.67. The molecule has 0 saturated heterocycles. The zero-order chi connectivity index (χ0) is 14.4. The van der Waals surface area contributed by atoms with Gasteiger partial charge in [-0.2, -0.15) is 0 Å². The number of rotatable bonds is 5. The fraction of sp³-hybridized carbons (Fsp3) is 0.385. The highest BCUT2D eigenvalue weighted by molar-refractivity contribution is 5.82. The van der Waals surface area contributed by atoms with Crippen molar-refractivity contribution in [2.24, 2.45) is 10.9 Å². The third kappa shape index (κ3) is 4.57. The van der Waals surface area contributed by atoms with Crippen LogP contribution in [0.25, 0.3) is 0 Å². The van der Waals surface area contributed by atoms with Crippen molar-refractivity contribution in [3.8, 4) is 0 Å². The van der Waals surface area contributed by atoms with Gasteiger partial charge in [0.25, 0.3) is 0 Å². The standard InChI is InChI=1S/C13H18FN3O2/c1-9(6-12(15)16-19)17(2)13(18)8-10-4-3-5-11(14)7-10/h3-5,7,9,19H,6,8H2,1-2H3,(H2,15,16). The normalized spacial score (nSPS) is 13.1. The summed E-state index contributed by atoms with van der Waals surface area (Å²) in [6, 6.07) is 5.73. The zero-order valence-corrected chi connectivity index (χ0v) is 11.0. The van der Waals surface area contributed by atoms with Gasteiger partial charge < -0.3 is 15.8 Å². The molecule has 19 heavy (non-hydrogen) atoms. The SMILES string of the molecule is CC(CC(N)=NO)N(C)C(=O)Cc1cccc(F)c1. The Morgan fingerprint density at radius 2 is 2.26 bits per heavy atom. The Bertz CT molecular complexity index is 477. The first-order valence-corrected chi connectivity index (χ1v) is 5.90.